The van der Waals surface area contributed by atoms with Gasteiger partial charge in [-0.3, -0.25) is 9.79 Å². The summed E-state index contributed by atoms with van der Waals surface area (Å²) >= 11 is 0. The molecule has 0 bridgehead atoms. The van der Waals surface area contributed by atoms with Crippen molar-refractivity contribution in [3.05, 3.63) is 94.3 Å². The Bertz CT molecular complexity index is 1370. The van der Waals surface area contributed by atoms with Crippen molar-refractivity contribution in [3.8, 4) is 11.6 Å². The lowest BCUT2D eigenvalue weighted by Gasteiger charge is -2.28. The van der Waals surface area contributed by atoms with Gasteiger partial charge in [0.1, 0.15) is 0 Å². The molecule has 1 aliphatic heterocycles. The first kappa shape index (κ1) is 21.0. The van der Waals surface area contributed by atoms with Crippen LogP contribution in [-0.2, 0) is 4.74 Å². The summed E-state index contributed by atoms with van der Waals surface area (Å²) in [4.78, 5) is 20.1. The minimum atomic E-state index is -0.265. The molecule has 0 amide bonds. The van der Waals surface area contributed by atoms with Crippen molar-refractivity contribution in [1.29, 1.82) is 0 Å². The monoisotopic (exact) mass is 439 g/mol. The second-order valence-corrected chi connectivity index (χ2v) is 8.13. The fourth-order valence-corrected chi connectivity index (χ4v) is 4.13. The molecular weight excluding hydrogens is 414 g/mol. The van der Waals surface area contributed by atoms with Gasteiger partial charge in [-0.15, -0.1) is 0 Å². The molecular formula is C27H25N3O3. The van der Waals surface area contributed by atoms with Crippen LogP contribution in [0.3, 0.4) is 0 Å². The van der Waals surface area contributed by atoms with Crippen LogP contribution in [0.2, 0.25) is 0 Å². The van der Waals surface area contributed by atoms with Crippen LogP contribution in [0.4, 0.5) is 11.4 Å². The lowest BCUT2D eigenvalue weighted by atomic mass is 10.1. The van der Waals surface area contributed by atoms with Gasteiger partial charge in [0.15, 0.2) is 0 Å². The molecule has 5 rings (SSSR count). The molecule has 6 heteroatoms. The molecule has 1 saturated heterocycles. The summed E-state index contributed by atoms with van der Waals surface area (Å²) < 4.78 is 6.76. The van der Waals surface area contributed by atoms with Crippen LogP contribution in [0, 0.1) is 6.92 Å². The van der Waals surface area contributed by atoms with E-state index >= 15 is 0 Å². The van der Waals surface area contributed by atoms with Crippen LogP contribution in [-0.4, -0.2) is 42.2 Å². The summed E-state index contributed by atoms with van der Waals surface area (Å²) in [5.41, 5.74) is 3.83. The Morgan fingerprint density at radius 2 is 1.52 bits per heavy atom. The molecule has 1 fully saturated rings. The Morgan fingerprint density at radius 3 is 2.21 bits per heavy atom. The summed E-state index contributed by atoms with van der Waals surface area (Å²) in [5.74, 6) is -0.128. The number of aryl methyl sites for hydroxylation is 1. The Labute approximate surface area is 192 Å². The van der Waals surface area contributed by atoms with Crippen LogP contribution < -0.4 is 10.5 Å². The number of anilines is 1. The number of aromatic nitrogens is 1. The van der Waals surface area contributed by atoms with Crippen molar-refractivity contribution in [2.24, 2.45) is 4.99 Å². The SMILES string of the molecule is Cc1ccc(-n2c(O)c(C=Nc3ccc(N4CCOCC4)cc3)c3ccccc3c2=O)cc1. The van der Waals surface area contributed by atoms with Crippen molar-refractivity contribution in [3.63, 3.8) is 0 Å². The van der Waals surface area contributed by atoms with Gasteiger partial charge in [-0.1, -0.05) is 35.9 Å². The van der Waals surface area contributed by atoms with Gasteiger partial charge in [0.2, 0.25) is 5.88 Å². The predicted molar refractivity (Wildman–Crippen MR) is 133 cm³/mol. The second kappa shape index (κ2) is 8.92. The molecule has 33 heavy (non-hydrogen) atoms. The maximum atomic E-state index is 13.2. The minimum absolute atomic E-state index is 0.128. The Balaban J connectivity index is 1.55. The summed E-state index contributed by atoms with van der Waals surface area (Å²) in [6, 6.07) is 22.8. The number of pyridine rings is 1. The Hall–Kier alpha value is -3.90. The molecule has 1 aromatic heterocycles. The van der Waals surface area contributed by atoms with Crippen LogP contribution in [0.25, 0.3) is 16.5 Å². The first-order chi connectivity index (χ1) is 16.1. The molecule has 0 radical (unpaired) electrons. The van der Waals surface area contributed by atoms with E-state index in [4.69, 9.17) is 4.74 Å². The van der Waals surface area contributed by atoms with Gasteiger partial charge < -0.3 is 14.7 Å². The summed E-state index contributed by atoms with van der Waals surface area (Å²) in [5, 5.41) is 12.3. The normalized spacial score (nSPS) is 14.3. The fraction of sp³-hybridized carbons (Fsp3) is 0.185. The highest BCUT2D eigenvalue weighted by atomic mass is 16.5. The van der Waals surface area contributed by atoms with Crippen molar-refractivity contribution >= 4 is 28.4 Å². The van der Waals surface area contributed by atoms with Crippen LogP contribution >= 0.6 is 0 Å². The quantitative estimate of drug-likeness (QED) is 0.472. The van der Waals surface area contributed by atoms with E-state index in [0.29, 0.717) is 22.0 Å². The number of fused-ring (bicyclic) bond motifs is 1. The number of ether oxygens (including phenoxy) is 1. The van der Waals surface area contributed by atoms with Gasteiger partial charge >= 0.3 is 0 Å². The van der Waals surface area contributed by atoms with Crippen molar-refractivity contribution < 1.29 is 9.84 Å². The predicted octanol–water partition coefficient (Wildman–Crippen LogP) is 4.59. The standard InChI is InChI=1S/C27H25N3O3/c1-19-6-10-22(11-7-19)30-26(31)24-5-3-2-4-23(24)25(27(30)32)18-28-20-8-12-21(13-9-20)29-14-16-33-17-15-29/h2-13,18,32H,14-17H2,1H3. The van der Waals surface area contributed by atoms with Gasteiger partial charge in [-0.2, -0.15) is 0 Å². The van der Waals surface area contributed by atoms with E-state index in [1.165, 1.54) is 4.57 Å². The van der Waals surface area contributed by atoms with Gasteiger partial charge in [-0.05, 0) is 49.4 Å². The molecule has 2 heterocycles. The third kappa shape index (κ3) is 4.13. The van der Waals surface area contributed by atoms with Gasteiger partial charge in [-0.25, -0.2) is 4.57 Å². The fourth-order valence-electron chi connectivity index (χ4n) is 4.13. The van der Waals surface area contributed by atoms with Crippen LogP contribution in [0.15, 0.2) is 82.6 Å². The van der Waals surface area contributed by atoms with Gasteiger partial charge in [0.25, 0.3) is 5.56 Å². The molecule has 3 aromatic carbocycles. The maximum absolute atomic E-state index is 13.2. The molecule has 6 nitrogen and oxygen atoms in total. The zero-order chi connectivity index (χ0) is 22.8. The molecule has 4 aromatic rings. The number of morpholine rings is 1. The average Bonchev–Trinajstić information content (AvgIpc) is 2.86. The number of hydrogen-bond acceptors (Lipinski definition) is 5. The smallest absolute Gasteiger partial charge is 0.265 e. The lowest BCUT2D eigenvalue weighted by molar-refractivity contribution is 0.122. The first-order valence-electron chi connectivity index (χ1n) is 11.0. The average molecular weight is 440 g/mol. The van der Waals surface area contributed by atoms with E-state index in [9.17, 15) is 9.90 Å². The summed E-state index contributed by atoms with van der Waals surface area (Å²) in [6.45, 7) is 5.22. The van der Waals surface area contributed by atoms with Gasteiger partial charge in [0, 0.05) is 35.8 Å². The molecule has 166 valence electrons. The molecule has 0 unspecified atom stereocenters. The number of hydrogen-bond donors (Lipinski definition) is 1. The number of rotatable bonds is 4. The zero-order valence-corrected chi connectivity index (χ0v) is 18.4. The highest BCUT2D eigenvalue weighted by Gasteiger charge is 2.16. The molecule has 0 aliphatic carbocycles. The van der Waals surface area contributed by atoms with Crippen LogP contribution in [0.5, 0.6) is 5.88 Å². The van der Waals surface area contributed by atoms with Gasteiger partial charge in [0.05, 0.1) is 30.2 Å². The Morgan fingerprint density at radius 1 is 0.879 bits per heavy atom. The number of nitrogens with zero attached hydrogens (tertiary/aromatic N) is 3. The highest BCUT2D eigenvalue weighted by Crippen LogP contribution is 2.27. The van der Waals surface area contributed by atoms with E-state index in [-0.39, 0.29) is 11.4 Å². The molecule has 1 N–H and O–H groups in total. The lowest BCUT2D eigenvalue weighted by Crippen LogP contribution is -2.36. The van der Waals surface area contributed by atoms with E-state index < -0.39 is 0 Å². The minimum Gasteiger partial charge on any atom is -0.494 e. The molecule has 0 saturated carbocycles. The van der Waals surface area contributed by atoms with E-state index in [1.807, 2.05) is 73.7 Å². The summed E-state index contributed by atoms with van der Waals surface area (Å²) in [6.07, 6.45) is 1.63. The summed E-state index contributed by atoms with van der Waals surface area (Å²) in [7, 11) is 0. The first-order valence-corrected chi connectivity index (χ1v) is 11.0. The Kier molecular flexibility index (Phi) is 5.67. The number of aliphatic imine (C=N–C) groups is 1. The van der Waals surface area contributed by atoms with E-state index in [0.717, 1.165) is 43.2 Å². The topological polar surface area (TPSA) is 67.1 Å². The second-order valence-electron chi connectivity index (χ2n) is 8.13. The molecule has 0 spiro atoms. The number of aromatic hydroxyl groups is 1. The molecule has 0 atom stereocenters. The van der Waals surface area contributed by atoms with E-state index in [1.54, 1.807) is 12.3 Å². The largest absolute Gasteiger partial charge is 0.494 e. The third-order valence-electron chi connectivity index (χ3n) is 5.96. The van der Waals surface area contributed by atoms with Crippen molar-refractivity contribution in [2.45, 2.75) is 6.92 Å². The highest BCUT2D eigenvalue weighted by molar-refractivity contribution is 6.02. The van der Waals surface area contributed by atoms with E-state index in [2.05, 4.69) is 9.89 Å². The van der Waals surface area contributed by atoms with Crippen molar-refractivity contribution in [1.82, 2.24) is 4.57 Å². The molecule has 1 aliphatic rings. The van der Waals surface area contributed by atoms with Crippen LogP contribution in [0.1, 0.15) is 11.1 Å². The van der Waals surface area contributed by atoms with Crippen molar-refractivity contribution in [2.75, 3.05) is 31.2 Å². The zero-order valence-electron chi connectivity index (χ0n) is 18.4. The number of benzene rings is 3. The maximum Gasteiger partial charge on any atom is 0.265 e. The third-order valence-corrected chi connectivity index (χ3v) is 5.96.